The quantitative estimate of drug-likeness (QED) is 0.286. The monoisotopic (exact) mass is 494 g/mol. The molecule has 0 saturated heterocycles. The lowest BCUT2D eigenvalue weighted by Gasteiger charge is -2.29. The Kier molecular flexibility index (Phi) is 8.87. The molecule has 0 saturated carbocycles. The minimum atomic E-state index is -0.178. The van der Waals surface area contributed by atoms with Crippen molar-refractivity contribution >= 4 is 11.8 Å². The molecule has 0 fully saturated rings. The van der Waals surface area contributed by atoms with Crippen molar-refractivity contribution < 1.29 is 9.59 Å². The van der Waals surface area contributed by atoms with Crippen LogP contribution in [0.1, 0.15) is 41.0 Å². The van der Waals surface area contributed by atoms with E-state index in [0.29, 0.717) is 25.2 Å². The van der Waals surface area contributed by atoms with Gasteiger partial charge >= 0.3 is 0 Å². The number of benzene rings is 2. The summed E-state index contributed by atoms with van der Waals surface area (Å²) < 4.78 is 2.17. The van der Waals surface area contributed by atoms with Crippen molar-refractivity contribution in [3.05, 3.63) is 126 Å². The highest BCUT2D eigenvalue weighted by Crippen LogP contribution is 2.15. The highest BCUT2D eigenvalue weighted by molar-refractivity contribution is 5.96. The lowest BCUT2D eigenvalue weighted by atomic mass is 10.1. The van der Waals surface area contributed by atoms with Crippen molar-refractivity contribution in [3.8, 4) is 0 Å². The van der Waals surface area contributed by atoms with E-state index >= 15 is 0 Å². The van der Waals surface area contributed by atoms with E-state index in [4.69, 9.17) is 0 Å². The molecule has 0 bridgehead atoms. The second kappa shape index (κ2) is 12.7. The number of hydrogen-bond acceptors (Lipinski definition) is 3. The summed E-state index contributed by atoms with van der Waals surface area (Å²) in [6.07, 6.45) is 5.24. The van der Waals surface area contributed by atoms with E-state index in [2.05, 4.69) is 27.8 Å². The highest BCUT2D eigenvalue weighted by Gasteiger charge is 2.24. The molecule has 2 heterocycles. The molecule has 0 aliphatic heterocycles. The summed E-state index contributed by atoms with van der Waals surface area (Å²) in [5.74, 6) is -0.0458. The third-order valence-corrected chi connectivity index (χ3v) is 6.15. The van der Waals surface area contributed by atoms with Crippen LogP contribution in [0, 0.1) is 5.92 Å². The lowest BCUT2D eigenvalue weighted by molar-refractivity contribution is -0.133. The van der Waals surface area contributed by atoms with Gasteiger partial charge in [0.2, 0.25) is 5.91 Å². The first-order valence-corrected chi connectivity index (χ1v) is 12.7. The van der Waals surface area contributed by atoms with Crippen molar-refractivity contribution in [1.29, 1.82) is 0 Å². The fourth-order valence-corrected chi connectivity index (χ4v) is 4.35. The normalized spacial score (nSPS) is 10.9. The summed E-state index contributed by atoms with van der Waals surface area (Å²) in [6.45, 7) is 6.24. The summed E-state index contributed by atoms with van der Waals surface area (Å²) in [6, 6.07) is 27.8. The van der Waals surface area contributed by atoms with Crippen LogP contribution >= 0.6 is 0 Å². The first kappa shape index (κ1) is 25.9. The lowest BCUT2D eigenvalue weighted by Crippen LogP contribution is -2.44. The fraction of sp³-hybridized carbons (Fsp3) is 0.258. The van der Waals surface area contributed by atoms with Crippen molar-refractivity contribution in [2.75, 3.05) is 13.1 Å². The van der Waals surface area contributed by atoms with Crippen LogP contribution in [0.15, 0.2) is 104 Å². The van der Waals surface area contributed by atoms with Gasteiger partial charge in [-0.3, -0.25) is 14.6 Å². The van der Waals surface area contributed by atoms with Crippen molar-refractivity contribution in [3.63, 3.8) is 0 Å². The molecule has 0 N–H and O–H groups in total. The Bertz CT molecular complexity index is 1270. The number of pyridine rings is 1. The van der Waals surface area contributed by atoms with Gasteiger partial charge in [0, 0.05) is 43.9 Å². The Morgan fingerprint density at radius 1 is 0.811 bits per heavy atom. The molecule has 0 atom stereocenters. The maximum atomic E-state index is 13.8. The zero-order valence-electron chi connectivity index (χ0n) is 21.5. The Morgan fingerprint density at radius 2 is 1.51 bits per heavy atom. The number of carbonyl (C=O) groups excluding carboxylic acids is 2. The Hall–Kier alpha value is -4.19. The molecule has 0 aliphatic rings. The number of hydrogen-bond donors (Lipinski definition) is 0. The molecular formula is C31H34N4O2. The van der Waals surface area contributed by atoms with Gasteiger partial charge in [-0.05, 0) is 41.3 Å². The molecule has 2 aromatic carbocycles. The topological polar surface area (TPSA) is 58.4 Å². The molecule has 2 aromatic heterocycles. The molecule has 4 aromatic rings. The van der Waals surface area contributed by atoms with Gasteiger partial charge in [-0.2, -0.15) is 0 Å². The number of amides is 2. The second-order valence-corrected chi connectivity index (χ2v) is 9.67. The molecule has 4 rings (SSSR count). The number of rotatable bonds is 11. The Labute approximate surface area is 219 Å². The van der Waals surface area contributed by atoms with Crippen LogP contribution in [-0.4, -0.2) is 44.3 Å². The van der Waals surface area contributed by atoms with Crippen LogP contribution in [0.5, 0.6) is 0 Å². The third-order valence-electron chi connectivity index (χ3n) is 6.15. The van der Waals surface area contributed by atoms with Gasteiger partial charge in [0.1, 0.15) is 6.54 Å². The van der Waals surface area contributed by atoms with E-state index in [1.54, 1.807) is 29.4 Å². The van der Waals surface area contributed by atoms with Gasteiger partial charge in [-0.15, -0.1) is 0 Å². The SMILES string of the molecule is CC(C)CN(CC(=O)N(Cc1ccccc1)Cc1cccn1Cc1ccccc1)C(=O)c1cccnc1. The smallest absolute Gasteiger partial charge is 0.255 e. The minimum Gasteiger partial charge on any atom is -0.345 e. The van der Waals surface area contributed by atoms with E-state index in [9.17, 15) is 9.59 Å². The number of aromatic nitrogens is 2. The minimum absolute atomic E-state index is 0.0120. The van der Waals surface area contributed by atoms with E-state index in [0.717, 1.165) is 17.8 Å². The third kappa shape index (κ3) is 7.40. The van der Waals surface area contributed by atoms with Crippen molar-refractivity contribution in [2.45, 2.75) is 33.5 Å². The fourth-order valence-electron chi connectivity index (χ4n) is 4.35. The molecule has 190 valence electrons. The molecule has 0 radical (unpaired) electrons. The van der Waals surface area contributed by atoms with Crippen molar-refractivity contribution in [1.82, 2.24) is 19.4 Å². The van der Waals surface area contributed by atoms with Crippen LogP contribution in [0.3, 0.4) is 0 Å². The molecule has 37 heavy (non-hydrogen) atoms. The standard InChI is InChI=1S/C31H34N4O2/c1-25(2)20-35(31(37)28-15-9-17-32-19-28)24-30(36)34(22-27-13-7-4-8-14-27)23-29-16-10-18-33(29)21-26-11-5-3-6-12-26/h3-19,25H,20-24H2,1-2H3. The summed E-state index contributed by atoms with van der Waals surface area (Å²) >= 11 is 0. The van der Waals surface area contributed by atoms with Gasteiger partial charge in [0.15, 0.2) is 0 Å². The predicted octanol–water partition coefficient (Wildman–Crippen LogP) is 5.26. The van der Waals surface area contributed by atoms with Gasteiger partial charge in [-0.1, -0.05) is 74.5 Å². The molecule has 6 heteroatoms. The second-order valence-electron chi connectivity index (χ2n) is 9.67. The molecule has 6 nitrogen and oxygen atoms in total. The first-order valence-electron chi connectivity index (χ1n) is 12.7. The van der Waals surface area contributed by atoms with Crippen molar-refractivity contribution in [2.24, 2.45) is 5.92 Å². The summed E-state index contributed by atoms with van der Waals surface area (Å²) in [4.78, 5) is 34.6. The van der Waals surface area contributed by atoms with Crippen LogP contribution in [0.4, 0.5) is 0 Å². The van der Waals surface area contributed by atoms with Crippen LogP contribution in [0.25, 0.3) is 0 Å². The molecule has 0 aliphatic carbocycles. The zero-order valence-corrected chi connectivity index (χ0v) is 21.5. The largest absolute Gasteiger partial charge is 0.345 e. The van der Waals surface area contributed by atoms with E-state index < -0.39 is 0 Å². The van der Waals surface area contributed by atoms with E-state index in [1.165, 1.54) is 5.56 Å². The number of carbonyl (C=O) groups is 2. The van der Waals surface area contributed by atoms with Gasteiger partial charge < -0.3 is 14.4 Å². The van der Waals surface area contributed by atoms with Gasteiger partial charge in [0.25, 0.3) is 5.91 Å². The zero-order chi connectivity index (χ0) is 26.0. The molecule has 2 amide bonds. The molecule has 0 unspecified atom stereocenters. The average Bonchev–Trinajstić information content (AvgIpc) is 3.35. The summed E-state index contributed by atoms with van der Waals surface area (Å²) in [7, 11) is 0. The summed E-state index contributed by atoms with van der Waals surface area (Å²) in [5, 5.41) is 0. The van der Waals surface area contributed by atoms with Gasteiger partial charge in [-0.25, -0.2) is 0 Å². The molecular weight excluding hydrogens is 460 g/mol. The maximum absolute atomic E-state index is 13.8. The molecule has 0 spiro atoms. The first-order chi connectivity index (χ1) is 18.0. The number of nitrogens with zero attached hydrogens (tertiary/aromatic N) is 4. The highest BCUT2D eigenvalue weighted by atomic mass is 16.2. The van der Waals surface area contributed by atoms with E-state index in [1.807, 2.05) is 79.5 Å². The van der Waals surface area contributed by atoms with Gasteiger partial charge in [0.05, 0.1) is 12.1 Å². The summed E-state index contributed by atoms with van der Waals surface area (Å²) in [5.41, 5.74) is 3.78. The Morgan fingerprint density at radius 3 is 2.16 bits per heavy atom. The predicted molar refractivity (Wildman–Crippen MR) is 146 cm³/mol. The average molecular weight is 495 g/mol. The van der Waals surface area contributed by atoms with Crippen LogP contribution in [0.2, 0.25) is 0 Å². The van der Waals surface area contributed by atoms with Crippen LogP contribution in [-0.2, 0) is 24.4 Å². The maximum Gasteiger partial charge on any atom is 0.255 e. The van der Waals surface area contributed by atoms with Crippen LogP contribution < -0.4 is 0 Å². The Balaban J connectivity index is 1.56. The van der Waals surface area contributed by atoms with E-state index in [-0.39, 0.29) is 24.3 Å².